The summed E-state index contributed by atoms with van der Waals surface area (Å²) >= 11 is 0. The lowest BCUT2D eigenvalue weighted by molar-refractivity contribution is -0.149. The van der Waals surface area contributed by atoms with E-state index < -0.39 is 0 Å². The van der Waals surface area contributed by atoms with Crippen molar-refractivity contribution in [2.75, 3.05) is 0 Å². The zero-order valence-electron chi connectivity index (χ0n) is 10.6. The number of Topliss-reactive ketones (excluding diaryl/α,β-unsaturated/α-hetero) is 2. The molecule has 10 atom stereocenters. The fraction of sp³-hybridized carbons (Fsp3) is 0.750. The highest BCUT2D eigenvalue weighted by Crippen LogP contribution is 2.67. The molecule has 1 heterocycles. The van der Waals surface area contributed by atoms with E-state index in [1.54, 1.807) is 0 Å². The Morgan fingerprint density at radius 3 is 1.84 bits per heavy atom. The molecule has 0 unspecified atom stereocenters. The molecule has 0 aromatic rings. The molecule has 6 rings (SSSR count). The molecule has 0 amide bonds. The van der Waals surface area contributed by atoms with Crippen molar-refractivity contribution in [2.24, 2.45) is 47.3 Å². The van der Waals surface area contributed by atoms with Crippen molar-refractivity contribution in [3.63, 3.8) is 0 Å². The number of ketones is 2. The van der Waals surface area contributed by atoms with Gasteiger partial charge in [-0.15, -0.1) is 0 Å². The van der Waals surface area contributed by atoms with Crippen LogP contribution in [0.3, 0.4) is 0 Å². The predicted molar refractivity (Wildman–Crippen MR) is 65.0 cm³/mol. The first-order chi connectivity index (χ1) is 9.25. The van der Waals surface area contributed by atoms with Gasteiger partial charge in [0.15, 0.2) is 0 Å². The molecule has 0 radical (unpaired) electrons. The lowest BCUT2D eigenvalue weighted by atomic mass is 9.59. The van der Waals surface area contributed by atoms with Gasteiger partial charge in [0, 0.05) is 23.7 Å². The maximum Gasteiger partial charge on any atom is 0.141 e. The third kappa shape index (κ3) is 0.884. The maximum atomic E-state index is 12.9. The smallest absolute Gasteiger partial charge is 0.141 e. The van der Waals surface area contributed by atoms with Crippen molar-refractivity contribution in [3.05, 3.63) is 12.2 Å². The molecule has 19 heavy (non-hydrogen) atoms. The van der Waals surface area contributed by atoms with Crippen LogP contribution in [0.4, 0.5) is 0 Å². The molecular weight excluding hydrogens is 240 g/mol. The minimum Gasteiger partial charge on any atom is -0.369 e. The summed E-state index contributed by atoms with van der Waals surface area (Å²) in [5.41, 5.74) is 0. The second-order valence-electron chi connectivity index (χ2n) is 7.48. The van der Waals surface area contributed by atoms with Gasteiger partial charge in [-0.1, -0.05) is 12.2 Å². The molecule has 3 nitrogen and oxygen atoms in total. The summed E-state index contributed by atoms with van der Waals surface area (Å²) in [7, 11) is 0. The number of hydrogen-bond acceptors (Lipinski definition) is 3. The van der Waals surface area contributed by atoms with Crippen LogP contribution in [0, 0.1) is 47.3 Å². The van der Waals surface area contributed by atoms with Crippen LogP contribution < -0.4 is 0 Å². The summed E-state index contributed by atoms with van der Waals surface area (Å²) in [6.07, 6.45) is 7.17. The Balaban J connectivity index is 1.50. The van der Waals surface area contributed by atoms with Crippen LogP contribution in [0.5, 0.6) is 0 Å². The molecule has 98 valence electrons. The molecule has 6 aliphatic rings. The molecule has 0 aromatic heterocycles. The summed E-state index contributed by atoms with van der Waals surface area (Å²) in [6.45, 7) is 0. The van der Waals surface area contributed by atoms with Crippen molar-refractivity contribution < 1.29 is 14.3 Å². The first-order valence-electron chi connectivity index (χ1n) is 7.67. The van der Waals surface area contributed by atoms with Gasteiger partial charge in [-0.25, -0.2) is 0 Å². The fourth-order valence-electron chi connectivity index (χ4n) is 6.46. The van der Waals surface area contributed by atoms with Crippen molar-refractivity contribution in [3.8, 4) is 0 Å². The van der Waals surface area contributed by atoms with Crippen LogP contribution in [-0.2, 0) is 14.3 Å². The standard InChI is InChI=1S/C16H16O3/c17-13-9-5-1-2-6(3-5)10(9)14(18)12-8-4-7(11(12)13)15-16(8)19-15/h1-2,5-12,15-16H,3-4H2/t5-,6-,7+,8+,9-,10+,11+,12+,15+,16-/m0/s1. The van der Waals surface area contributed by atoms with Gasteiger partial charge >= 0.3 is 0 Å². The number of fused-ring (bicyclic) bond motifs is 13. The molecule has 4 bridgehead atoms. The van der Waals surface area contributed by atoms with Crippen molar-refractivity contribution in [1.29, 1.82) is 0 Å². The summed E-state index contributed by atoms with van der Waals surface area (Å²) in [6, 6.07) is 0. The average molecular weight is 256 g/mol. The second-order valence-corrected chi connectivity index (χ2v) is 7.48. The first-order valence-corrected chi connectivity index (χ1v) is 7.67. The Labute approximate surface area is 111 Å². The van der Waals surface area contributed by atoms with E-state index in [1.807, 2.05) is 0 Å². The lowest BCUT2D eigenvalue weighted by Crippen LogP contribution is -2.52. The van der Waals surface area contributed by atoms with E-state index in [0.29, 0.717) is 47.4 Å². The van der Waals surface area contributed by atoms with Gasteiger partial charge in [-0.2, -0.15) is 0 Å². The fourth-order valence-corrected chi connectivity index (χ4v) is 6.46. The van der Waals surface area contributed by atoms with Gasteiger partial charge in [0.2, 0.25) is 0 Å². The monoisotopic (exact) mass is 256 g/mol. The topological polar surface area (TPSA) is 46.7 Å². The van der Waals surface area contributed by atoms with Crippen LogP contribution in [0.15, 0.2) is 12.2 Å². The largest absolute Gasteiger partial charge is 0.369 e. The minimum atomic E-state index is 0.0234. The van der Waals surface area contributed by atoms with E-state index in [2.05, 4.69) is 12.2 Å². The third-order valence-electron chi connectivity index (χ3n) is 7.03. The summed E-state index contributed by atoms with van der Waals surface area (Å²) in [4.78, 5) is 25.9. The molecule has 0 aromatic carbocycles. The second kappa shape index (κ2) is 2.73. The number of allylic oxidation sites excluding steroid dienone is 2. The molecule has 5 aliphatic carbocycles. The zero-order valence-corrected chi connectivity index (χ0v) is 10.6. The number of carbonyl (C=O) groups excluding carboxylic acids is 2. The zero-order chi connectivity index (χ0) is 12.5. The van der Waals surface area contributed by atoms with Crippen LogP contribution in [0.2, 0.25) is 0 Å². The summed E-state index contributed by atoms with van der Waals surface area (Å²) < 4.78 is 5.70. The number of ether oxygens (including phenoxy) is 1. The molecule has 5 fully saturated rings. The molecular formula is C16H16O3. The molecule has 1 saturated heterocycles. The molecule has 4 saturated carbocycles. The third-order valence-corrected chi connectivity index (χ3v) is 7.03. The van der Waals surface area contributed by atoms with Gasteiger partial charge in [0.05, 0.1) is 12.2 Å². The van der Waals surface area contributed by atoms with Gasteiger partial charge in [-0.3, -0.25) is 9.59 Å². The van der Waals surface area contributed by atoms with Crippen LogP contribution >= 0.6 is 0 Å². The van der Waals surface area contributed by atoms with E-state index in [9.17, 15) is 9.59 Å². The van der Waals surface area contributed by atoms with Gasteiger partial charge in [0.1, 0.15) is 11.6 Å². The Hall–Kier alpha value is -0.960. The predicted octanol–water partition coefficient (Wildman–Crippen LogP) is 1.23. The van der Waals surface area contributed by atoms with E-state index >= 15 is 0 Å². The van der Waals surface area contributed by atoms with Gasteiger partial charge < -0.3 is 4.74 Å². The van der Waals surface area contributed by atoms with Crippen LogP contribution in [0.25, 0.3) is 0 Å². The molecule has 0 N–H and O–H groups in total. The van der Waals surface area contributed by atoms with Crippen LogP contribution in [-0.4, -0.2) is 23.8 Å². The van der Waals surface area contributed by atoms with E-state index in [-0.39, 0.29) is 23.7 Å². The SMILES string of the molecule is O=C1[C@@H]2[C@H]3C[C@@H]([C@@H]4O[C@H]34)[C@H]2C(=O)[C@H]2[C@@H]1[C@H]1C=C[C@H]2C1. The lowest BCUT2D eigenvalue weighted by Gasteiger charge is -2.40. The van der Waals surface area contributed by atoms with Gasteiger partial charge in [0.25, 0.3) is 0 Å². The highest BCUT2D eigenvalue weighted by Gasteiger charge is 2.74. The van der Waals surface area contributed by atoms with E-state index in [4.69, 9.17) is 4.74 Å². The minimum absolute atomic E-state index is 0.0234. The Bertz CT molecular complexity index is 518. The van der Waals surface area contributed by atoms with Crippen LogP contribution in [0.1, 0.15) is 12.8 Å². The number of carbonyl (C=O) groups is 2. The Morgan fingerprint density at radius 2 is 1.32 bits per heavy atom. The van der Waals surface area contributed by atoms with Gasteiger partial charge in [-0.05, 0) is 36.5 Å². The van der Waals surface area contributed by atoms with Crippen molar-refractivity contribution in [2.45, 2.75) is 25.0 Å². The number of epoxide rings is 1. The molecule has 1 aliphatic heterocycles. The normalized spacial score (nSPS) is 66.3. The number of hydrogen-bond donors (Lipinski definition) is 0. The highest BCUT2D eigenvalue weighted by atomic mass is 16.6. The quantitative estimate of drug-likeness (QED) is 0.484. The number of rotatable bonds is 0. The summed E-state index contributed by atoms with van der Waals surface area (Å²) in [5.74, 6) is 2.43. The Kier molecular flexibility index (Phi) is 1.42. The molecule has 3 heteroatoms. The first kappa shape index (κ1) is 9.87. The van der Waals surface area contributed by atoms with E-state index in [0.717, 1.165) is 12.8 Å². The average Bonchev–Trinajstić information content (AvgIpc) is 2.83. The summed E-state index contributed by atoms with van der Waals surface area (Å²) in [5, 5.41) is 0. The maximum absolute atomic E-state index is 12.9. The molecule has 0 spiro atoms. The van der Waals surface area contributed by atoms with Crippen molar-refractivity contribution in [1.82, 2.24) is 0 Å². The van der Waals surface area contributed by atoms with Crippen molar-refractivity contribution >= 4 is 11.6 Å². The van der Waals surface area contributed by atoms with E-state index in [1.165, 1.54) is 0 Å². The highest BCUT2D eigenvalue weighted by molar-refractivity contribution is 6.02. The Morgan fingerprint density at radius 1 is 0.789 bits per heavy atom.